The van der Waals surface area contributed by atoms with E-state index in [2.05, 4.69) is 4.98 Å². The third-order valence-corrected chi connectivity index (χ3v) is 7.11. The van der Waals surface area contributed by atoms with Crippen molar-refractivity contribution >= 4 is 40.1 Å². The van der Waals surface area contributed by atoms with Gasteiger partial charge < -0.3 is 24.3 Å². The summed E-state index contributed by atoms with van der Waals surface area (Å²) in [6.45, 7) is 1.62. The Morgan fingerprint density at radius 2 is 1.85 bits per heavy atom. The summed E-state index contributed by atoms with van der Waals surface area (Å²) >= 11 is 6.29. The zero-order valence-corrected chi connectivity index (χ0v) is 20.0. The summed E-state index contributed by atoms with van der Waals surface area (Å²) in [4.78, 5) is 37.7. The van der Waals surface area contributed by atoms with E-state index >= 15 is 0 Å². The number of rotatable bonds is 5. The van der Waals surface area contributed by atoms with Crippen LogP contribution < -0.4 is 14.4 Å². The van der Waals surface area contributed by atoms with Crippen molar-refractivity contribution in [3.05, 3.63) is 47.2 Å². The van der Waals surface area contributed by atoms with Crippen LogP contribution >= 0.6 is 11.6 Å². The SMILES string of the molecule is COc1cc(OC)c(N2CC(C(=O)N3CCC(c4nc5ccccc5[nH]4)CC3)CC2=O)cc1Cl. The number of fused-ring (bicyclic) bond motifs is 1. The molecule has 3 aromatic rings. The standard InChI is InChI=1S/C25H27ClN4O4/c1-33-21-13-22(34-2)20(12-17(21)26)30-14-16(11-23(30)31)25(32)29-9-7-15(8-10-29)24-27-18-5-3-4-6-19(18)28-24/h3-6,12-13,15-16H,7-11,14H2,1-2H3,(H,27,28). The van der Waals surface area contributed by atoms with Crippen LogP contribution in [0.25, 0.3) is 11.0 Å². The van der Waals surface area contributed by atoms with Crippen LogP contribution in [0.5, 0.6) is 11.5 Å². The van der Waals surface area contributed by atoms with E-state index in [9.17, 15) is 9.59 Å². The average Bonchev–Trinajstić information content (AvgIpc) is 3.47. The lowest BCUT2D eigenvalue weighted by Gasteiger charge is -2.32. The van der Waals surface area contributed by atoms with Gasteiger partial charge in [0.1, 0.15) is 17.3 Å². The van der Waals surface area contributed by atoms with Gasteiger partial charge in [-0.25, -0.2) is 4.98 Å². The van der Waals surface area contributed by atoms with Crippen molar-refractivity contribution in [3.8, 4) is 11.5 Å². The fourth-order valence-electron chi connectivity index (χ4n) is 4.96. The number of carbonyl (C=O) groups is 2. The highest BCUT2D eigenvalue weighted by Gasteiger charge is 2.39. The third-order valence-electron chi connectivity index (χ3n) is 6.82. The van der Waals surface area contributed by atoms with Gasteiger partial charge >= 0.3 is 0 Å². The maximum Gasteiger partial charge on any atom is 0.228 e. The molecule has 2 saturated heterocycles. The molecule has 0 spiro atoms. The molecule has 0 bridgehead atoms. The number of hydrogen-bond acceptors (Lipinski definition) is 5. The second kappa shape index (κ2) is 9.18. The summed E-state index contributed by atoms with van der Waals surface area (Å²) < 4.78 is 10.7. The Morgan fingerprint density at radius 3 is 2.56 bits per heavy atom. The molecular formula is C25H27ClN4O4. The summed E-state index contributed by atoms with van der Waals surface area (Å²) in [5.74, 6) is 1.75. The Labute approximate surface area is 202 Å². The van der Waals surface area contributed by atoms with Crippen LogP contribution in [0.15, 0.2) is 36.4 Å². The van der Waals surface area contributed by atoms with E-state index in [1.165, 1.54) is 14.2 Å². The van der Waals surface area contributed by atoms with E-state index in [0.29, 0.717) is 47.8 Å². The monoisotopic (exact) mass is 482 g/mol. The molecule has 2 amide bonds. The first-order valence-corrected chi connectivity index (χ1v) is 11.8. The highest BCUT2D eigenvalue weighted by atomic mass is 35.5. The molecule has 0 aliphatic carbocycles. The van der Waals surface area contributed by atoms with Crippen molar-refractivity contribution in [1.82, 2.24) is 14.9 Å². The first-order valence-electron chi connectivity index (χ1n) is 11.4. The molecule has 1 N–H and O–H groups in total. The predicted molar refractivity (Wildman–Crippen MR) is 130 cm³/mol. The normalized spacial score (nSPS) is 19.1. The number of methoxy groups -OCH3 is 2. The fraction of sp³-hybridized carbons (Fsp3) is 0.400. The Morgan fingerprint density at radius 1 is 1.12 bits per heavy atom. The highest BCUT2D eigenvalue weighted by Crippen LogP contribution is 2.40. The molecule has 2 aliphatic heterocycles. The molecular weight excluding hydrogens is 456 g/mol. The summed E-state index contributed by atoms with van der Waals surface area (Å²) in [7, 11) is 3.05. The predicted octanol–water partition coefficient (Wildman–Crippen LogP) is 3.99. The topological polar surface area (TPSA) is 87.8 Å². The maximum absolute atomic E-state index is 13.3. The molecule has 2 aliphatic rings. The molecule has 5 rings (SSSR count). The number of halogens is 1. The van der Waals surface area contributed by atoms with Gasteiger partial charge in [0, 0.05) is 38.0 Å². The van der Waals surface area contributed by atoms with Crippen LogP contribution in [0.1, 0.15) is 31.0 Å². The molecule has 1 atom stereocenters. The van der Waals surface area contributed by atoms with E-state index < -0.39 is 0 Å². The van der Waals surface area contributed by atoms with Gasteiger partial charge in [-0.1, -0.05) is 23.7 Å². The van der Waals surface area contributed by atoms with E-state index in [0.717, 1.165) is 29.7 Å². The number of hydrogen-bond donors (Lipinski definition) is 1. The maximum atomic E-state index is 13.3. The van der Waals surface area contributed by atoms with Gasteiger partial charge in [-0.2, -0.15) is 0 Å². The zero-order valence-electron chi connectivity index (χ0n) is 19.2. The first kappa shape index (κ1) is 22.5. The third kappa shape index (κ3) is 4.07. The average molecular weight is 483 g/mol. The van der Waals surface area contributed by atoms with Gasteiger partial charge in [-0.05, 0) is 31.0 Å². The summed E-state index contributed by atoms with van der Waals surface area (Å²) in [5.41, 5.74) is 2.56. The lowest BCUT2D eigenvalue weighted by atomic mass is 9.95. The van der Waals surface area contributed by atoms with Crippen molar-refractivity contribution < 1.29 is 19.1 Å². The minimum Gasteiger partial charge on any atom is -0.495 e. The number of carbonyl (C=O) groups excluding carboxylic acids is 2. The second-order valence-electron chi connectivity index (χ2n) is 8.80. The van der Waals surface area contributed by atoms with Crippen molar-refractivity contribution in [2.24, 2.45) is 5.92 Å². The molecule has 0 saturated carbocycles. The number of likely N-dealkylation sites (tertiary alicyclic amines) is 1. The number of aromatic nitrogens is 2. The number of benzene rings is 2. The minimum absolute atomic E-state index is 0.0254. The quantitative estimate of drug-likeness (QED) is 0.594. The van der Waals surface area contributed by atoms with Crippen LogP contribution in [-0.2, 0) is 9.59 Å². The Bertz CT molecular complexity index is 1200. The molecule has 1 aromatic heterocycles. The van der Waals surface area contributed by atoms with Gasteiger partial charge in [-0.15, -0.1) is 0 Å². The molecule has 1 unspecified atom stereocenters. The lowest BCUT2D eigenvalue weighted by molar-refractivity contribution is -0.136. The number of para-hydroxylation sites is 2. The van der Waals surface area contributed by atoms with Crippen molar-refractivity contribution in [1.29, 1.82) is 0 Å². The second-order valence-corrected chi connectivity index (χ2v) is 9.21. The summed E-state index contributed by atoms with van der Waals surface area (Å²) in [6, 6.07) is 11.3. The van der Waals surface area contributed by atoms with E-state index in [1.54, 1.807) is 17.0 Å². The number of amides is 2. The summed E-state index contributed by atoms with van der Waals surface area (Å²) in [5, 5.41) is 0.383. The van der Waals surface area contributed by atoms with Crippen LogP contribution in [0.3, 0.4) is 0 Å². The molecule has 2 aromatic carbocycles. The number of piperidine rings is 1. The van der Waals surface area contributed by atoms with Crippen molar-refractivity contribution in [2.75, 3.05) is 38.8 Å². The van der Waals surface area contributed by atoms with E-state index in [1.807, 2.05) is 29.2 Å². The zero-order chi connectivity index (χ0) is 23.8. The van der Waals surface area contributed by atoms with Crippen LogP contribution in [0.4, 0.5) is 5.69 Å². The largest absolute Gasteiger partial charge is 0.495 e. The number of aromatic amines is 1. The highest BCUT2D eigenvalue weighted by molar-refractivity contribution is 6.32. The lowest BCUT2D eigenvalue weighted by Crippen LogP contribution is -2.42. The van der Waals surface area contributed by atoms with E-state index in [-0.39, 0.29) is 24.2 Å². The van der Waals surface area contributed by atoms with Crippen molar-refractivity contribution in [2.45, 2.75) is 25.2 Å². The van der Waals surface area contributed by atoms with Gasteiger partial charge in [0.15, 0.2) is 0 Å². The molecule has 178 valence electrons. The number of nitrogens with zero attached hydrogens (tertiary/aromatic N) is 3. The Balaban J connectivity index is 1.25. The molecule has 9 heteroatoms. The van der Waals surface area contributed by atoms with Gasteiger partial charge in [0.05, 0.1) is 41.9 Å². The molecule has 3 heterocycles. The van der Waals surface area contributed by atoms with Gasteiger partial charge in [-0.3, -0.25) is 9.59 Å². The fourth-order valence-corrected chi connectivity index (χ4v) is 5.19. The number of anilines is 1. The first-order chi connectivity index (χ1) is 16.5. The number of imidazole rings is 1. The molecule has 2 fully saturated rings. The molecule has 8 nitrogen and oxygen atoms in total. The molecule has 34 heavy (non-hydrogen) atoms. The number of H-pyrrole nitrogens is 1. The Hall–Kier alpha value is -3.26. The van der Waals surface area contributed by atoms with Gasteiger partial charge in [0.2, 0.25) is 11.8 Å². The Kier molecular flexibility index (Phi) is 6.08. The number of nitrogens with one attached hydrogen (secondary N) is 1. The van der Waals surface area contributed by atoms with Gasteiger partial charge in [0.25, 0.3) is 0 Å². The van der Waals surface area contributed by atoms with E-state index in [4.69, 9.17) is 26.1 Å². The van der Waals surface area contributed by atoms with Crippen LogP contribution in [0.2, 0.25) is 5.02 Å². The van der Waals surface area contributed by atoms with Crippen LogP contribution in [0, 0.1) is 5.92 Å². The minimum atomic E-state index is -0.388. The van der Waals surface area contributed by atoms with Crippen molar-refractivity contribution in [3.63, 3.8) is 0 Å². The molecule has 0 radical (unpaired) electrons. The smallest absolute Gasteiger partial charge is 0.228 e. The number of ether oxygens (including phenoxy) is 2. The summed E-state index contributed by atoms with van der Waals surface area (Å²) in [6.07, 6.45) is 1.87. The van der Waals surface area contributed by atoms with Crippen LogP contribution in [-0.4, -0.2) is 60.5 Å².